The van der Waals surface area contributed by atoms with Crippen molar-refractivity contribution in [2.45, 2.75) is 46.2 Å². The summed E-state index contributed by atoms with van der Waals surface area (Å²) in [6.45, 7) is 5.28. The minimum absolute atomic E-state index is 0.143. The SMILES string of the molecule is COc1ccccc1CCC(=O)Nc1sc2c(c1C#N)CCN(C(=O)NCc1sc(C)nc1C)C2. The Labute approximate surface area is 212 Å². The van der Waals surface area contributed by atoms with E-state index < -0.39 is 0 Å². The molecule has 2 N–H and O–H groups in total. The van der Waals surface area contributed by atoms with Crippen LogP contribution in [0, 0.1) is 25.2 Å². The van der Waals surface area contributed by atoms with E-state index in [4.69, 9.17) is 4.74 Å². The zero-order chi connectivity index (χ0) is 24.9. The molecule has 0 spiro atoms. The lowest BCUT2D eigenvalue weighted by Gasteiger charge is -2.27. The number of ether oxygens (including phenoxy) is 1. The number of hydrogen-bond acceptors (Lipinski definition) is 7. The van der Waals surface area contributed by atoms with Crippen LogP contribution in [0.2, 0.25) is 0 Å². The van der Waals surface area contributed by atoms with E-state index in [0.717, 1.165) is 37.3 Å². The number of nitrogens with zero attached hydrogens (tertiary/aromatic N) is 3. The van der Waals surface area contributed by atoms with E-state index >= 15 is 0 Å². The third-order valence-corrected chi connectivity index (χ3v) is 8.13. The van der Waals surface area contributed by atoms with Gasteiger partial charge in [0.1, 0.15) is 16.8 Å². The molecule has 0 unspecified atom stereocenters. The topological polar surface area (TPSA) is 107 Å². The molecule has 0 atom stereocenters. The predicted molar refractivity (Wildman–Crippen MR) is 137 cm³/mol. The molecule has 10 heteroatoms. The quantitative estimate of drug-likeness (QED) is 0.486. The van der Waals surface area contributed by atoms with Gasteiger partial charge in [0.15, 0.2) is 0 Å². The third-order valence-electron chi connectivity index (χ3n) is 5.92. The Morgan fingerprint density at radius 2 is 2.06 bits per heavy atom. The van der Waals surface area contributed by atoms with Crippen LogP contribution in [0.15, 0.2) is 24.3 Å². The molecule has 2 aromatic heterocycles. The van der Waals surface area contributed by atoms with Crippen molar-refractivity contribution in [3.63, 3.8) is 0 Å². The lowest BCUT2D eigenvalue weighted by molar-refractivity contribution is -0.116. The molecule has 8 nitrogen and oxygen atoms in total. The predicted octanol–water partition coefficient (Wildman–Crippen LogP) is 4.54. The van der Waals surface area contributed by atoms with Crippen molar-refractivity contribution in [2.75, 3.05) is 19.0 Å². The van der Waals surface area contributed by atoms with Crippen LogP contribution in [-0.4, -0.2) is 35.5 Å². The molecular formula is C25H27N5O3S2. The fourth-order valence-corrected chi connectivity index (χ4v) is 6.24. The van der Waals surface area contributed by atoms with Crippen LogP contribution in [0.1, 0.15) is 43.6 Å². The molecule has 0 radical (unpaired) electrons. The van der Waals surface area contributed by atoms with Crippen LogP contribution in [0.3, 0.4) is 0 Å². The van der Waals surface area contributed by atoms with Crippen molar-refractivity contribution in [1.29, 1.82) is 5.26 Å². The largest absolute Gasteiger partial charge is 0.496 e. The number of fused-ring (bicyclic) bond motifs is 1. The highest BCUT2D eigenvalue weighted by Crippen LogP contribution is 2.37. The molecule has 35 heavy (non-hydrogen) atoms. The third kappa shape index (κ3) is 5.63. The molecule has 4 rings (SSSR count). The Morgan fingerprint density at radius 1 is 1.26 bits per heavy atom. The molecule has 1 aliphatic heterocycles. The van der Waals surface area contributed by atoms with Crippen molar-refractivity contribution in [3.8, 4) is 11.8 Å². The number of urea groups is 1. The molecule has 182 valence electrons. The first-order chi connectivity index (χ1) is 16.9. The van der Waals surface area contributed by atoms with Gasteiger partial charge >= 0.3 is 6.03 Å². The number of nitriles is 1. The Bertz CT molecular complexity index is 1290. The van der Waals surface area contributed by atoms with Crippen LogP contribution in [0.25, 0.3) is 0 Å². The highest BCUT2D eigenvalue weighted by molar-refractivity contribution is 7.16. The number of anilines is 1. The van der Waals surface area contributed by atoms with Crippen LogP contribution in [0.5, 0.6) is 5.75 Å². The second-order valence-corrected chi connectivity index (χ2v) is 10.6. The highest BCUT2D eigenvalue weighted by atomic mass is 32.1. The number of amides is 3. The number of carbonyl (C=O) groups excluding carboxylic acids is 2. The molecule has 3 aromatic rings. The van der Waals surface area contributed by atoms with Crippen molar-refractivity contribution in [2.24, 2.45) is 0 Å². The normalized spacial score (nSPS) is 12.6. The summed E-state index contributed by atoms with van der Waals surface area (Å²) in [5.41, 5.74) is 3.33. The molecule has 0 bridgehead atoms. The molecule has 0 fully saturated rings. The number of hydrogen-bond donors (Lipinski definition) is 2. The van der Waals surface area contributed by atoms with Gasteiger partial charge in [-0.25, -0.2) is 9.78 Å². The van der Waals surface area contributed by atoms with Crippen LogP contribution in [-0.2, 0) is 30.7 Å². The Morgan fingerprint density at radius 3 is 2.77 bits per heavy atom. The van der Waals surface area contributed by atoms with Gasteiger partial charge in [-0.1, -0.05) is 18.2 Å². The Hall–Kier alpha value is -3.42. The average molecular weight is 510 g/mol. The summed E-state index contributed by atoms with van der Waals surface area (Å²) in [6.07, 6.45) is 1.40. The van der Waals surface area contributed by atoms with E-state index in [1.54, 1.807) is 23.3 Å². The van der Waals surface area contributed by atoms with E-state index in [1.165, 1.54) is 11.3 Å². The van der Waals surface area contributed by atoms with Gasteiger partial charge in [0.25, 0.3) is 0 Å². The minimum atomic E-state index is -0.157. The van der Waals surface area contributed by atoms with Crippen LogP contribution >= 0.6 is 22.7 Å². The number of thiazole rings is 1. The first kappa shape index (κ1) is 24.7. The van der Waals surface area contributed by atoms with Gasteiger partial charge in [-0.3, -0.25) is 4.79 Å². The van der Waals surface area contributed by atoms with Crippen molar-refractivity contribution in [1.82, 2.24) is 15.2 Å². The van der Waals surface area contributed by atoms with Gasteiger partial charge in [0.05, 0.1) is 36.5 Å². The zero-order valence-corrected chi connectivity index (χ0v) is 21.6. The lowest BCUT2D eigenvalue weighted by Crippen LogP contribution is -2.42. The van der Waals surface area contributed by atoms with Gasteiger partial charge in [-0.2, -0.15) is 5.26 Å². The molecular weight excluding hydrogens is 482 g/mol. The molecule has 1 aliphatic rings. The summed E-state index contributed by atoms with van der Waals surface area (Å²) >= 11 is 2.96. The molecule has 1 aromatic carbocycles. The van der Waals surface area contributed by atoms with Crippen molar-refractivity contribution >= 4 is 39.6 Å². The van der Waals surface area contributed by atoms with Gasteiger partial charge in [0, 0.05) is 22.7 Å². The maximum absolute atomic E-state index is 12.8. The number of para-hydroxylation sites is 1. The van der Waals surface area contributed by atoms with Crippen LogP contribution < -0.4 is 15.4 Å². The number of rotatable bonds is 7. The van der Waals surface area contributed by atoms with Gasteiger partial charge in [-0.15, -0.1) is 22.7 Å². The molecule has 0 saturated carbocycles. The van der Waals surface area contributed by atoms with Crippen molar-refractivity contribution in [3.05, 3.63) is 61.4 Å². The minimum Gasteiger partial charge on any atom is -0.496 e. The number of thiophene rings is 1. The number of methoxy groups -OCH3 is 1. The van der Waals surface area contributed by atoms with E-state index in [-0.39, 0.29) is 18.4 Å². The van der Waals surface area contributed by atoms with Crippen LogP contribution in [0.4, 0.5) is 9.80 Å². The second kappa shape index (κ2) is 10.9. The van der Waals surface area contributed by atoms with E-state index in [2.05, 4.69) is 21.7 Å². The second-order valence-electron chi connectivity index (χ2n) is 8.25. The fourth-order valence-electron chi connectivity index (χ4n) is 4.14. The maximum Gasteiger partial charge on any atom is 0.318 e. The van der Waals surface area contributed by atoms with Gasteiger partial charge in [0.2, 0.25) is 5.91 Å². The first-order valence-electron chi connectivity index (χ1n) is 11.3. The Kier molecular flexibility index (Phi) is 7.68. The molecule has 0 saturated heterocycles. The number of benzene rings is 1. The van der Waals surface area contributed by atoms with E-state index in [9.17, 15) is 14.9 Å². The highest BCUT2D eigenvalue weighted by Gasteiger charge is 2.27. The zero-order valence-electron chi connectivity index (χ0n) is 19.9. The van der Waals surface area contributed by atoms with E-state index in [1.807, 2.05) is 38.1 Å². The molecule has 3 heterocycles. The maximum atomic E-state index is 12.8. The number of aromatic nitrogens is 1. The summed E-state index contributed by atoms with van der Waals surface area (Å²) < 4.78 is 5.35. The number of nitrogens with one attached hydrogen (secondary N) is 2. The van der Waals surface area contributed by atoms with Gasteiger partial charge in [-0.05, 0) is 43.9 Å². The van der Waals surface area contributed by atoms with E-state index in [0.29, 0.717) is 43.0 Å². The summed E-state index contributed by atoms with van der Waals surface area (Å²) in [4.78, 5) is 33.6. The number of aryl methyl sites for hydroxylation is 3. The monoisotopic (exact) mass is 509 g/mol. The lowest BCUT2D eigenvalue weighted by atomic mass is 10.0. The summed E-state index contributed by atoms with van der Waals surface area (Å²) in [7, 11) is 1.61. The molecule has 3 amide bonds. The Balaban J connectivity index is 1.38. The molecule has 0 aliphatic carbocycles. The summed E-state index contributed by atoms with van der Waals surface area (Å²) in [6, 6.07) is 9.72. The van der Waals surface area contributed by atoms with Gasteiger partial charge < -0.3 is 20.3 Å². The fraction of sp³-hybridized carbons (Fsp3) is 0.360. The summed E-state index contributed by atoms with van der Waals surface area (Å²) in [5, 5.41) is 17.2. The first-order valence-corrected chi connectivity index (χ1v) is 12.9. The van der Waals surface area contributed by atoms with Crippen molar-refractivity contribution < 1.29 is 14.3 Å². The number of carbonyl (C=O) groups is 2. The summed E-state index contributed by atoms with van der Waals surface area (Å²) in [5.74, 6) is 0.597. The average Bonchev–Trinajstić information content (AvgIpc) is 3.37. The smallest absolute Gasteiger partial charge is 0.318 e. The standard InChI is InChI=1S/C25H27N5O3S2/c1-15-21(34-16(2)28-15)13-27-25(32)30-11-10-18-19(12-26)24(35-22(18)14-30)29-23(31)9-8-17-6-4-5-7-20(17)33-3/h4-7H,8-11,13-14H2,1-3H3,(H,27,32)(H,29,31).